The van der Waals surface area contributed by atoms with Gasteiger partial charge in [-0.3, -0.25) is 9.78 Å². The van der Waals surface area contributed by atoms with Crippen LogP contribution in [0.5, 0.6) is 0 Å². The normalized spacial score (nSPS) is 11.0. The van der Waals surface area contributed by atoms with E-state index in [0.29, 0.717) is 0 Å². The van der Waals surface area contributed by atoms with Crippen LogP contribution in [0.15, 0.2) is 36.5 Å². The molecule has 0 unspecified atom stereocenters. The van der Waals surface area contributed by atoms with Gasteiger partial charge < -0.3 is 10.1 Å². The number of rotatable bonds is 2. The van der Waals surface area contributed by atoms with Crippen LogP contribution in [0.1, 0.15) is 46.0 Å². The summed E-state index contributed by atoms with van der Waals surface area (Å²) in [5, 5.41) is 8.36. The first-order valence-electron chi connectivity index (χ1n) is 7.65. The Morgan fingerprint density at radius 3 is 2.28 bits per heavy atom. The van der Waals surface area contributed by atoms with Crippen molar-refractivity contribution in [1.82, 2.24) is 15.0 Å². The minimum absolute atomic E-state index is 0. The van der Waals surface area contributed by atoms with Crippen molar-refractivity contribution >= 4 is 5.78 Å². The molecule has 2 heterocycles. The number of carbonyl (C=O) groups excluding carboxylic acids is 1. The molecule has 0 aliphatic heterocycles. The van der Waals surface area contributed by atoms with E-state index in [-0.39, 0.29) is 37.1 Å². The van der Waals surface area contributed by atoms with Crippen LogP contribution in [0, 0.1) is 13.0 Å². The predicted octanol–water partition coefficient (Wildman–Crippen LogP) is 3.98. The Balaban J connectivity index is 0.000000620. The summed E-state index contributed by atoms with van der Waals surface area (Å²) in [5.41, 5.74) is 3.81. The van der Waals surface area contributed by atoms with Crippen molar-refractivity contribution in [3.63, 3.8) is 0 Å². The van der Waals surface area contributed by atoms with Gasteiger partial charge in [0.15, 0.2) is 5.78 Å². The molecule has 25 heavy (non-hydrogen) atoms. The molecule has 0 atom stereocenters. The van der Waals surface area contributed by atoms with Crippen molar-refractivity contribution < 1.29 is 30.0 Å². The Morgan fingerprint density at radius 1 is 1.20 bits per heavy atom. The molecule has 6 heteroatoms. The van der Waals surface area contributed by atoms with E-state index in [9.17, 15) is 4.79 Å². The van der Waals surface area contributed by atoms with Crippen molar-refractivity contribution in [2.75, 3.05) is 0 Å². The van der Waals surface area contributed by atoms with E-state index < -0.39 is 0 Å². The molecule has 137 valence electrons. The van der Waals surface area contributed by atoms with Gasteiger partial charge in [-0.2, -0.15) is 0 Å². The maximum Gasteiger partial charge on any atom is 0.155 e. The number of pyridine rings is 1. The van der Waals surface area contributed by atoms with Crippen LogP contribution in [-0.2, 0) is 30.3 Å². The number of hydrogen-bond acceptors (Lipinski definition) is 5. The molecule has 0 fully saturated rings. The van der Waals surface area contributed by atoms with E-state index in [4.69, 9.17) is 5.11 Å². The monoisotopic (exact) mass is 519 g/mol. The van der Waals surface area contributed by atoms with Crippen LogP contribution in [0.3, 0.4) is 0 Å². The van der Waals surface area contributed by atoms with Gasteiger partial charge in [-0.05, 0) is 25.2 Å². The maximum absolute atomic E-state index is 10.0. The Labute approximate surface area is 163 Å². The molecule has 2 aromatic heterocycles. The molecule has 0 bridgehead atoms. The second-order valence-corrected chi connectivity index (χ2v) is 6.48. The van der Waals surface area contributed by atoms with E-state index in [1.54, 1.807) is 18.6 Å². The number of aromatic nitrogens is 3. The van der Waals surface area contributed by atoms with Gasteiger partial charge in [-0.25, -0.2) is 4.98 Å². The van der Waals surface area contributed by atoms with Crippen molar-refractivity contribution in [2.45, 2.75) is 47.0 Å². The van der Waals surface area contributed by atoms with Crippen LogP contribution in [0.25, 0.3) is 11.3 Å². The van der Waals surface area contributed by atoms with Gasteiger partial charge in [0, 0.05) is 37.3 Å². The van der Waals surface area contributed by atoms with E-state index >= 15 is 0 Å². The molecule has 0 saturated carbocycles. The quantitative estimate of drug-likeness (QED) is 0.370. The minimum atomic E-state index is -0.125. The topological polar surface area (TPSA) is 76.0 Å². The average Bonchev–Trinajstić information content (AvgIpc) is 2.46. The number of aliphatic hydroxyl groups is 1. The molecule has 1 N–H and O–H groups in total. The van der Waals surface area contributed by atoms with Crippen molar-refractivity contribution in [2.24, 2.45) is 0 Å². The average molecular weight is 519 g/mol. The fourth-order valence-corrected chi connectivity index (χ4v) is 1.90. The van der Waals surface area contributed by atoms with Crippen LogP contribution in [0.2, 0.25) is 0 Å². The van der Waals surface area contributed by atoms with Gasteiger partial charge >= 0.3 is 0 Å². The number of ketones is 1. The molecule has 2 rings (SSSR count). The van der Waals surface area contributed by atoms with Crippen molar-refractivity contribution in [3.8, 4) is 11.3 Å². The SMILES string of the molecule is CC(=O)/C=C(/C)O.Cc1ncc[c-]c1-c1cc(C(C)(C)C)ncn1.[Ir]. The summed E-state index contributed by atoms with van der Waals surface area (Å²) >= 11 is 0. The Bertz CT molecular complexity index is 733. The van der Waals surface area contributed by atoms with E-state index in [2.05, 4.69) is 41.8 Å². The zero-order valence-electron chi connectivity index (χ0n) is 15.4. The van der Waals surface area contributed by atoms with Crippen LogP contribution in [0.4, 0.5) is 0 Å². The predicted molar refractivity (Wildman–Crippen MR) is 94.6 cm³/mol. The summed E-state index contributed by atoms with van der Waals surface area (Å²) in [6, 6.07) is 7.00. The van der Waals surface area contributed by atoms with E-state index in [1.807, 2.05) is 13.0 Å². The first-order chi connectivity index (χ1) is 11.1. The number of hydrogen-bond donors (Lipinski definition) is 1. The molecule has 0 spiro atoms. The van der Waals surface area contributed by atoms with Gasteiger partial charge in [0.1, 0.15) is 6.33 Å². The Morgan fingerprint density at radius 2 is 1.84 bits per heavy atom. The first-order valence-corrected chi connectivity index (χ1v) is 7.65. The number of aliphatic hydroxyl groups excluding tert-OH is 1. The smallest absolute Gasteiger partial charge is 0.155 e. The van der Waals surface area contributed by atoms with Gasteiger partial charge in [-0.15, -0.1) is 17.7 Å². The molecule has 0 aliphatic rings. The third-order valence-corrected chi connectivity index (χ3v) is 3.04. The van der Waals surface area contributed by atoms with Crippen molar-refractivity contribution in [1.29, 1.82) is 0 Å². The molecular formula is C19H24IrN3O2-. The standard InChI is InChI=1S/C14H16N3.C5H8O2.Ir/c1-10-11(6-5-7-15-10)12-8-13(14(2,3)4)17-9-16-12;1-4(6)3-5(2)7;/h5,7-9H,1-4H3;3,6H,1-2H3;/q-1;;/b;4-3-;. The van der Waals surface area contributed by atoms with Crippen LogP contribution >= 0.6 is 0 Å². The van der Waals surface area contributed by atoms with Gasteiger partial charge in [-0.1, -0.05) is 40.0 Å². The summed E-state index contributed by atoms with van der Waals surface area (Å²) < 4.78 is 0. The molecule has 0 amide bonds. The fourth-order valence-electron chi connectivity index (χ4n) is 1.90. The Kier molecular flexibility index (Phi) is 9.39. The summed E-state index contributed by atoms with van der Waals surface area (Å²) in [6.07, 6.45) is 4.51. The second kappa shape index (κ2) is 10.2. The van der Waals surface area contributed by atoms with Crippen LogP contribution in [-0.4, -0.2) is 25.8 Å². The third kappa shape index (κ3) is 8.14. The molecule has 1 radical (unpaired) electrons. The largest absolute Gasteiger partial charge is 0.512 e. The summed E-state index contributed by atoms with van der Waals surface area (Å²) in [4.78, 5) is 22.9. The molecular weight excluding hydrogens is 494 g/mol. The van der Waals surface area contributed by atoms with Gasteiger partial charge in [0.2, 0.25) is 0 Å². The van der Waals surface area contributed by atoms with Gasteiger partial charge in [0.25, 0.3) is 0 Å². The summed E-state index contributed by atoms with van der Waals surface area (Å²) in [5.74, 6) is -0.0625. The fraction of sp³-hybridized carbons (Fsp3) is 0.368. The molecule has 2 aromatic rings. The second-order valence-electron chi connectivity index (χ2n) is 6.48. The third-order valence-electron chi connectivity index (χ3n) is 3.04. The van der Waals surface area contributed by atoms with Gasteiger partial charge in [0.05, 0.1) is 5.76 Å². The minimum Gasteiger partial charge on any atom is -0.512 e. The molecule has 0 aliphatic carbocycles. The summed E-state index contributed by atoms with van der Waals surface area (Å²) in [7, 11) is 0. The molecule has 5 nitrogen and oxygen atoms in total. The Hall–Kier alpha value is -1.91. The van der Waals surface area contributed by atoms with E-state index in [0.717, 1.165) is 22.6 Å². The van der Waals surface area contributed by atoms with Crippen molar-refractivity contribution in [3.05, 3.63) is 53.9 Å². The van der Waals surface area contributed by atoms with Crippen LogP contribution < -0.4 is 0 Å². The molecule has 0 aromatic carbocycles. The molecule has 0 saturated heterocycles. The number of aryl methyl sites for hydroxylation is 1. The zero-order valence-corrected chi connectivity index (χ0v) is 17.8. The number of nitrogens with zero attached hydrogens (tertiary/aromatic N) is 3. The zero-order chi connectivity index (χ0) is 18.3. The first kappa shape index (κ1) is 23.1. The summed E-state index contributed by atoms with van der Waals surface area (Å²) in [6.45, 7) is 11.2. The number of allylic oxidation sites excluding steroid dienone is 2. The maximum atomic E-state index is 10.0. The van der Waals surface area contributed by atoms with E-state index in [1.165, 1.54) is 19.9 Å². The number of carbonyl (C=O) groups is 1.